The first-order valence-corrected chi connectivity index (χ1v) is 13.9. The van der Waals surface area contributed by atoms with Crippen LogP contribution in [0.1, 0.15) is 27.9 Å². The van der Waals surface area contributed by atoms with E-state index in [0.717, 1.165) is 16.7 Å². The molecular weight excluding hydrogens is 538 g/mol. The van der Waals surface area contributed by atoms with Gasteiger partial charge in [0, 0.05) is 19.0 Å². The second-order valence-electron chi connectivity index (χ2n) is 12.0. The fourth-order valence-corrected chi connectivity index (χ4v) is 7.31. The lowest BCUT2D eigenvalue weighted by molar-refractivity contribution is -0.181. The van der Waals surface area contributed by atoms with Crippen LogP contribution in [0.4, 0.5) is 0 Å². The topological polar surface area (TPSA) is 158 Å². The van der Waals surface area contributed by atoms with E-state index in [9.17, 15) is 34.2 Å². The number of nitrogens with zero attached hydrogens (tertiary/aromatic N) is 2. The minimum atomic E-state index is -2.74. The van der Waals surface area contributed by atoms with Crippen LogP contribution >= 0.6 is 0 Å². The molecule has 3 aliphatic rings. The van der Waals surface area contributed by atoms with Crippen molar-refractivity contribution in [2.75, 3.05) is 27.7 Å². The summed E-state index contributed by atoms with van der Waals surface area (Å²) >= 11 is 0. The van der Waals surface area contributed by atoms with E-state index in [-0.39, 0.29) is 24.2 Å². The van der Waals surface area contributed by atoms with Crippen LogP contribution in [-0.2, 0) is 32.1 Å². The molecule has 0 heterocycles. The van der Waals surface area contributed by atoms with E-state index in [1.165, 1.54) is 11.0 Å². The number of aromatic hydroxyl groups is 1. The molecular formula is C32H35N3O7. The highest BCUT2D eigenvalue weighted by Gasteiger charge is 2.69. The van der Waals surface area contributed by atoms with Gasteiger partial charge in [-0.25, -0.2) is 0 Å². The van der Waals surface area contributed by atoms with Crippen LogP contribution in [-0.4, -0.2) is 88.4 Å². The number of phenolic OH excluding ortho intramolecular Hbond substituents is 1. The molecule has 0 aromatic heterocycles. The third-order valence-corrected chi connectivity index (χ3v) is 9.08. The summed E-state index contributed by atoms with van der Waals surface area (Å²) in [4.78, 5) is 70.4. The normalized spacial score (nSPS) is 28.9. The minimum Gasteiger partial charge on any atom is -0.507 e. The summed E-state index contributed by atoms with van der Waals surface area (Å²) in [5, 5.41) is 22.6. The Labute approximate surface area is 243 Å². The molecule has 5 rings (SSSR count). The van der Waals surface area contributed by atoms with Crippen molar-refractivity contribution in [3.05, 3.63) is 65.7 Å². The Morgan fingerprint density at radius 2 is 1.83 bits per heavy atom. The monoisotopic (exact) mass is 573 g/mol. The second kappa shape index (κ2) is 10.7. The molecule has 2 aromatic carbocycles. The third-order valence-electron chi connectivity index (χ3n) is 9.08. The first kappa shape index (κ1) is 29.5. The highest BCUT2D eigenvalue weighted by atomic mass is 16.3. The fourth-order valence-electron chi connectivity index (χ4n) is 7.31. The second-order valence-corrected chi connectivity index (χ2v) is 12.0. The molecule has 0 radical (unpaired) electrons. The number of benzene rings is 2. The number of hydrogen-bond acceptors (Lipinski definition) is 9. The van der Waals surface area contributed by atoms with Gasteiger partial charge in [0.1, 0.15) is 5.75 Å². The number of ketones is 4. The number of likely N-dealkylation sites (N-methyl/N-ethyl adjacent to an activating group) is 2. The molecule has 0 spiro atoms. The molecule has 10 nitrogen and oxygen atoms in total. The highest BCUT2D eigenvalue weighted by molar-refractivity contribution is 6.32. The van der Waals surface area contributed by atoms with Gasteiger partial charge in [0.25, 0.3) is 0 Å². The van der Waals surface area contributed by atoms with E-state index in [2.05, 4.69) is 11.5 Å². The largest absolute Gasteiger partial charge is 0.507 e. The van der Waals surface area contributed by atoms with Crippen LogP contribution in [0, 0.1) is 23.7 Å². The Balaban J connectivity index is 1.60. The zero-order chi connectivity index (χ0) is 30.7. The number of carbonyl (C=O) groups is 5. The standard InChI is InChI=1S/C32H35N3O7/c1-5-11-35(4)15-16-7-6-8-17(12-16)19-9-10-22(36)24-20(19)13-18-14-21-26(34(2)3)28(38)25(31(33)41)30(40)32(21,42)29(39)23(18)27(24)37/h5-10,12,18,21,23,25-26,36,42H,1,11,13-15H2,2-4H3,(H2,33,41)/t18-,21-,23?,25?,26-,32-/m0/s1. The van der Waals surface area contributed by atoms with Crippen molar-refractivity contribution >= 4 is 29.0 Å². The van der Waals surface area contributed by atoms with E-state index in [4.69, 9.17) is 5.73 Å². The van der Waals surface area contributed by atoms with Gasteiger partial charge in [0.2, 0.25) is 5.91 Å². The van der Waals surface area contributed by atoms with Gasteiger partial charge in [-0.3, -0.25) is 33.8 Å². The zero-order valence-corrected chi connectivity index (χ0v) is 23.9. The van der Waals surface area contributed by atoms with Gasteiger partial charge in [-0.05, 0) is 74.3 Å². The zero-order valence-electron chi connectivity index (χ0n) is 23.9. The number of primary amides is 1. The van der Waals surface area contributed by atoms with Crippen molar-refractivity contribution in [1.82, 2.24) is 9.80 Å². The molecule has 1 amide bonds. The van der Waals surface area contributed by atoms with Crippen molar-refractivity contribution in [3.8, 4) is 16.9 Å². The Bertz CT molecular complexity index is 1530. The molecule has 4 N–H and O–H groups in total. The van der Waals surface area contributed by atoms with Crippen LogP contribution in [0.15, 0.2) is 49.1 Å². The van der Waals surface area contributed by atoms with Crippen molar-refractivity contribution in [3.63, 3.8) is 0 Å². The van der Waals surface area contributed by atoms with Crippen molar-refractivity contribution in [2.45, 2.75) is 31.0 Å². The summed E-state index contributed by atoms with van der Waals surface area (Å²) in [7, 11) is 5.10. The summed E-state index contributed by atoms with van der Waals surface area (Å²) in [5.41, 5.74) is 5.78. The molecule has 10 heteroatoms. The number of rotatable bonds is 7. The van der Waals surface area contributed by atoms with Crippen LogP contribution < -0.4 is 5.73 Å². The molecule has 2 saturated carbocycles. The van der Waals surface area contributed by atoms with Gasteiger partial charge in [0.15, 0.2) is 34.7 Å². The van der Waals surface area contributed by atoms with Crippen LogP contribution in [0.2, 0.25) is 0 Å². The van der Waals surface area contributed by atoms with E-state index in [1.807, 2.05) is 37.4 Å². The number of fused-ring (bicyclic) bond motifs is 3. The van der Waals surface area contributed by atoms with Crippen molar-refractivity contribution in [1.29, 1.82) is 0 Å². The molecule has 220 valence electrons. The van der Waals surface area contributed by atoms with Gasteiger partial charge in [-0.1, -0.05) is 30.3 Å². The molecule has 3 aliphatic carbocycles. The average molecular weight is 574 g/mol. The lowest BCUT2D eigenvalue weighted by Gasteiger charge is -2.52. The first-order chi connectivity index (χ1) is 19.8. The molecule has 0 saturated heterocycles. The molecule has 42 heavy (non-hydrogen) atoms. The SMILES string of the molecule is C=CCN(C)Cc1cccc(-c2ccc(O)c3c2C[C@H]2C[C@H]4[C@H](N(C)C)C(=O)C(C(N)=O)C(=O)[C@@]4(O)C(=O)C2C3=O)c1. The predicted molar refractivity (Wildman–Crippen MR) is 153 cm³/mol. The van der Waals surface area contributed by atoms with Crippen molar-refractivity contribution in [2.24, 2.45) is 29.4 Å². The number of nitrogens with two attached hydrogens (primary N) is 1. The lowest BCUT2D eigenvalue weighted by Crippen LogP contribution is -2.74. The van der Waals surface area contributed by atoms with E-state index in [1.54, 1.807) is 20.2 Å². The van der Waals surface area contributed by atoms with E-state index < -0.39 is 64.4 Å². The number of hydrogen-bond donors (Lipinski definition) is 3. The summed E-state index contributed by atoms with van der Waals surface area (Å²) < 4.78 is 0. The molecule has 0 bridgehead atoms. The highest BCUT2D eigenvalue weighted by Crippen LogP contribution is 2.51. The average Bonchev–Trinajstić information content (AvgIpc) is 2.90. The van der Waals surface area contributed by atoms with Crippen molar-refractivity contribution < 1.29 is 34.2 Å². The maximum Gasteiger partial charge on any atom is 0.235 e. The molecule has 2 aromatic rings. The number of Topliss-reactive ketones (excluding diaryl/α,β-unsaturated/α-hetero) is 4. The Hall–Kier alpha value is -3.99. The van der Waals surface area contributed by atoms with Gasteiger partial charge >= 0.3 is 0 Å². The number of phenols is 1. The first-order valence-electron chi connectivity index (χ1n) is 13.9. The number of aliphatic hydroxyl groups is 1. The predicted octanol–water partition coefficient (Wildman–Crippen LogP) is 1.15. The minimum absolute atomic E-state index is 0.00534. The van der Waals surface area contributed by atoms with E-state index >= 15 is 0 Å². The Morgan fingerprint density at radius 3 is 2.48 bits per heavy atom. The molecule has 2 unspecified atom stereocenters. The fraction of sp³-hybridized carbons (Fsp3) is 0.406. The van der Waals surface area contributed by atoms with Crippen LogP contribution in [0.5, 0.6) is 5.75 Å². The maximum atomic E-state index is 14.0. The maximum absolute atomic E-state index is 14.0. The van der Waals surface area contributed by atoms with Crippen LogP contribution in [0.3, 0.4) is 0 Å². The Morgan fingerprint density at radius 1 is 1.12 bits per heavy atom. The van der Waals surface area contributed by atoms with Gasteiger partial charge < -0.3 is 15.9 Å². The summed E-state index contributed by atoms with van der Waals surface area (Å²) in [5.74, 6) is -10.6. The van der Waals surface area contributed by atoms with Gasteiger partial charge in [0.05, 0.1) is 17.5 Å². The Kier molecular flexibility index (Phi) is 7.51. The quantitative estimate of drug-likeness (QED) is 0.326. The van der Waals surface area contributed by atoms with Crippen LogP contribution in [0.25, 0.3) is 11.1 Å². The third kappa shape index (κ3) is 4.41. The summed E-state index contributed by atoms with van der Waals surface area (Å²) in [6.45, 7) is 5.15. The lowest BCUT2D eigenvalue weighted by atomic mass is 9.52. The number of carbonyl (C=O) groups excluding carboxylic acids is 5. The molecule has 0 aliphatic heterocycles. The molecule has 6 atom stereocenters. The summed E-state index contributed by atoms with van der Waals surface area (Å²) in [6.07, 6.45) is 2.03. The van der Waals surface area contributed by atoms with Gasteiger partial charge in [-0.2, -0.15) is 0 Å². The smallest absolute Gasteiger partial charge is 0.235 e. The summed E-state index contributed by atoms with van der Waals surface area (Å²) in [6, 6.07) is 9.84. The van der Waals surface area contributed by atoms with Gasteiger partial charge in [-0.15, -0.1) is 6.58 Å². The van der Waals surface area contributed by atoms with E-state index in [0.29, 0.717) is 18.7 Å². The number of amides is 1. The molecule has 2 fully saturated rings.